The molecule has 0 aliphatic heterocycles. The molecule has 0 spiro atoms. The Bertz CT molecular complexity index is 248. The van der Waals surface area contributed by atoms with E-state index in [4.69, 9.17) is 6.48 Å². The van der Waals surface area contributed by atoms with Gasteiger partial charge in [0, 0.05) is 5.57 Å². The highest BCUT2D eigenvalue weighted by Crippen LogP contribution is 2.03. The lowest BCUT2D eigenvalue weighted by Gasteiger charge is -1.94. The normalized spacial score (nSPS) is 24.0. The molecule has 1 aliphatic carbocycles. The van der Waals surface area contributed by atoms with Gasteiger partial charge in [-0.15, -0.1) is 0 Å². The molecule has 0 amide bonds. The monoisotopic (exact) mass is 123 g/mol. The lowest BCUT2D eigenvalue weighted by molar-refractivity contribution is -0.110. The number of allylic oxidation sites excluding steroid dienone is 5. The highest BCUT2D eigenvalue weighted by atomic mass is 16.2. The van der Waals surface area contributed by atoms with Crippen LogP contribution in [0.25, 0.3) is 0 Å². The maximum Gasteiger partial charge on any atom is 0.178 e. The second kappa shape index (κ2) is 2.31. The fraction of sp³-hybridized carbons (Fsp3) is 0. The summed E-state index contributed by atoms with van der Waals surface area (Å²) in [5, 5.41) is 8.46. The van der Waals surface area contributed by atoms with E-state index in [0.29, 0.717) is 5.57 Å². The van der Waals surface area contributed by atoms with Gasteiger partial charge in [0.25, 0.3) is 0 Å². The molecule has 0 atom stereocenters. The molecule has 0 bridgehead atoms. The van der Waals surface area contributed by atoms with Gasteiger partial charge in [0.05, 0.1) is 7.63 Å². The summed E-state index contributed by atoms with van der Waals surface area (Å²) < 4.78 is 7.12. The van der Waals surface area contributed by atoms with Gasteiger partial charge in [0.2, 0.25) is 0 Å². The van der Waals surface area contributed by atoms with E-state index in [9.17, 15) is 4.79 Å². The van der Waals surface area contributed by atoms with Crippen molar-refractivity contribution in [3.05, 3.63) is 36.1 Å². The van der Waals surface area contributed by atoms with Gasteiger partial charge in [-0.25, -0.2) is 0 Å². The molecule has 1 N–H and O–H groups in total. The second-order valence-corrected chi connectivity index (χ2v) is 1.61. The van der Waals surface area contributed by atoms with Gasteiger partial charge in [-0.2, -0.15) is 0 Å². The average Bonchev–Trinajstić information content (AvgIpc) is 1.88. The van der Waals surface area contributed by atoms with E-state index >= 15 is 0 Å². The minimum Gasteiger partial charge on any atom is -0.515 e. The smallest absolute Gasteiger partial charge is 0.178 e. The molecule has 0 aromatic rings. The number of hydrogen-bond acceptors (Lipinski definition) is 2. The third kappa shape index (κ3) is 1.29. The van der Waals surface area contributed by atoms with Crippen LogP contribution >= 0.6 is 0 Å². The molecule has 46 valence electrons. The van der Waals surface area contributed by atoms with Gasteiger partial charge in [-0.1, -0.05) is 0 Å². The van der Waals surface area contributed by atoms with E-state index in [1.54, 1.807) is 0 Å². The molecule has 0 unspecified atom stereocenters. The van der Waals surface area contributed by atoms with Crippen LogP contribution in [0, 0.1) is 0 Å². The minimum absolute atomic E-state index is 0.0509. The Balaban J connectivity index is 2.97. The van der Waals surface area contributed by atoms with Gasteiger partial charge >= 0.3 is 0 Å². The third-order valence-corrected chi connectivity index (χ3v) is 0.947. The zero-order chi connectivity index (χ0) is 7.56. The summed E-state index contributed by atoms with van der Waals surface area (Å²) in [7, 11) is 0. The molecule has 9 heavy (non-hydrogen) atoms. The minimum atomic E-state index is -0.212. The first-order chi connectivity index (χ1) is 4.74. The number of aliphatic hydroxyl groups is 1. The van der Waals surface area contributed by atoms with Gasteiger partial charge in [0.15, 0.2) is 5.78 Å². The van der Waals surface area contributed by atoms with E-state index in [1.807, 2.05) is 0 Å². The second-order valence-electron chi connectivity index (χ2n) is 1.61. The van der Waals surface area contributed by atoms with Crippen LogP contribution in [-0.4, -0.2) is 10.9 Å². The van der Waals surface area contributed by atoms with Gasteiger partial charge in [-0.3, -0.25) is 4.79 Å². The fourth-order valence-electron chi connectivity index (χ4n) is 0.503. The Labute approximate surface area is 54.2 Å². The van der Waals surface area contributed by atoms with Crippen LogP contribution in [0.5, 0.6) is 0 Å². The molecule has 0 aromatic carbocycles. The summed E-state index contributed by atoms with van der Waals surface area (Å²) in [5.74, 6) is -0.212. The van der Waals surface area contributed by atoms with Crippen molar-refractivity contribution in [1.29, 1.82) is 0 Å². The van der Waals surface area contributed by atoms with Crippen molar-refractivity contribution in [3.8, 4) is 0 Å². The van der Waals surface area contributed by atoms with Gasteiger partial charge in [0.1, 0.15) is 0 Å². The summed E-state index contributed by atoms with van der Waals surface area (Å²) in [5.41, 5.74) is 0.361. The highest BCUT2D eigenvalue weighted by Gasteiger charge is 1.95. The Kier molecular flexibility index (Phi) is 1.17. The Morgan fingerprint density at radius 1 is 1.56 bits per heavy atom. The molecule has 2 heteroatoms. The van der Waals surface area contributed by atoms with Crippen LogP contribution in [0.4, 0.5) is 0 Å². The maximum absolute atomic E-state index is 10.5. The van der Waals surface area contributed by atoms with Crippen molar-refractivity contribution in [2.75, 3.05) is 0 Å². The zero-order valence-electron chi connectivity index (χ0n) is 5.66. The zero-order valence-corrected chi connectivity index (χ0v) is 4.66. The summed E-state index contributed by atoms with van der Waals surface area (Å²) in [6, 6.07) is 0.0509. The van der Waals surface area contributed by atoms with Crippen molar-refractivity contribution >= 4 is 5.78 Å². The molecule has 1 aliphatic rings. The molecule has 0 saturated heterocycles. The number of aliphatic hydroxyl groups excluding tert-OH is 1. The van der Waals surface area contributed by atoms with E-state index < -0.39 is 0 Å². The van der Waals surface area contributed by atoms with E-state index in [0.717, 1.165) is 12.3 Å². The predicted octanol–water partition coefficient (Wildman–Crippen LogP) is 1.12. The summed E-state index contributed by atoms with van der Waals surface area (Å²) in [6.45, 7) is 0. The van der Waals surface area contributed by atoms with Crippen LogP contribution in [0.3, 0.4) is 0 Å². The lowest BCUT2D eigenvalue weighted by atomic mass is 10.1. The molecule has 0 radical (unpaired) electrons. The fourth-order valence-corrected chi connectivity index (χ4v) is 0.503. The largest absolute Gasteiger partial charge is 0.515 e. The molecule has 0 saturated carbocycles. The molecule has 0 fully saturated rings. The molecular weight excluding hydrogens is 116 g/mol. The van der Waals surface area contributed by atoms with Crippen molar-refractivity contribution in [2.24, 2.45) is 0 Å². The van der Waals surface area contributed by atoms with Crippen LogP contribution in [0.1, 0.15) is 1.37 Å². The maximum atomic E-state index is 10.5. The van der Waals surface area contributed by atoms with Crippen molar-refractivity contribution in [2.45, 2.75) is 0 Å². The van der Waals surface area contributed by atoms with Crippen LogP contribution in [0.15, 0.2) is 36.1 Å². The van der Waals surface area contributed by atoms with Crippen molar-refractivity contribution in [1.82, 2.24) is 0 Å². The Morgan fingerprint density at radius 3 is 2.89 bits per heavy atom. The molecule has 0 aromatic heterocycles. The molecule has 0 heterocycles. The summed E-state index contributed by atoms with van der Waals surface area (Å²) >= 11 is 0. The summed E-state index contributed by atoms with van der Waals surface area (Å²) in [4.78, 5) is 10.5. The van der Waals surface area contributed by atoms with Crippen LogP contribution in [0.2, 0.25) is 0 Å². The molecule has 1 rings (SSSR count). The van der Waals surface area contributed by atoms with E-state index in [1.165, 1.54) is 12.2 Å². The SMILES string of the molecule is [2H]C1=CC(=O)C=C/C1=C\O. The standard InChI is InChI=1S/C7H6O2/c8-5-6-1-3-7(9)4-2-6/h1-5,8H/i1D/b6-5-. The number of ketones is 1. The number of rotatable bonds is 0. The third-order valence-electron chi connectivity index (χ3n) is 0.947. The van der Waals surface area contributed by atoms with E-state index in [2.05, 4.69) is 0 Å². The topological polar surface area (TPSA) is 37.3 Å². The van der Waals surface area contributed by atoms with E-state index in [-0.39, 0.29) is 11.8 Å². The number of carbonyl (C=O) groups excluding carboxylic acids is 1. The van der Waals surface area contributed by atoms with Crippen LogP contribution in [-0.2, 0) is 4.79 Å². The lowest BCUT2D eigenvalue weighted by Crippen LogP contribution is -1.90. The molecular formula is C7H6O2. The van der Waals surface area contributed by atoms with Crippen molar-refractivity contribution in [3.63, 3.8) is 0 Å². The first-order valence-electron chi connectivity index (χ1n) is 2.99. The van der Waals surface area contributed by atoms with Crippen molar-refractivity contribution < 1.29 is 11.3 Å². The average molecular weight is 123 g/mol. The molecule has 2 nitrogen and oxygen atoms in total. The van der Waals surface area contributed by atoms with Gasteiger partial charge < -0.3 is 5.11 Å². The van der Waals surface area contributed by atoms with Gasteiger partial charge in [-0.05, 0) is 24.3 Å². The Hall–Kier alpha value is -1.31. The predicted molar refractivity (Wildman–Crippen MR) is 34.0 cm³/mol. The first-order valence-corrected chi connectivity index (χ1v) is 2.49. The van der Waals surface area contributed by atoms with Crippen LogP contribution < -0.4 is 0 Å². The first kappa shape index (κ1) is 4.56. The highest BCUT2D eigenvalue weighted by molar-refractivity contribution is 6.01. The number of carbonyl (C=O) groups is 1. The number of hydrogen-bond donors (Lipinski definition) is 1. The Morgan fingerprint density at radius 2 is 2.33 bits per heavy atom. The quantitative estimate of drug-likeness (QED) is 0.490. The summed E-state index contributed by atoms with van der Waals surface area (Å²) in [6.07, 6.45) is 4.68.